The molecule has 6 nitrogen and oxygen atoms in total. The molecule has 2 fully saturated rings. The maximum absolute atomic E-state index is 12.9. The van der Waals surface area contributed by atoms with Crippen molar-refractivity contribution in [2.45, 2.75) is 26.7 Å². The number of nitrogens with zero attached hydrogens (tertiary/aromatic N) is 3. The lowest BCUT2D eigenvalue weighted by Gasteiger charge is -2.37. The maximum Gasteiger partial charge on any atom is 0.228 e. The maximum atomic E-state index is 12.9. The Balaban J connectivity index is 1.50. The molecule has 2 heterocycles. The summed E-state index contributed by atoms with van der Waals surface area (Å²) in [5.74, 6) is 1.52. The van der Waals surface area contributed by atoms with Crippen molar-refractivity contribution in [3.8, 4) is 5.75 Å². The lowest BCUT2D eigenvalue weighted by atomic mass is 10.1. The standard InChI is InChI=1S/C21H31N3O3/c1-16(2)8-9-24-15-17(14-20(24)25)21(26)23-12-10-22(11-13-23)18-4-6-19(27-3)7-5-18/h4-7,16-17H,8-15H2,1-3H3. The van der Waals surface area contributed by atoms with E-state index in [0.29, 0.717) is 32.0 Å². The van der Waals surface area contributed by atoms with Crippen LogP contribution in [-0.2, 0) is 9.59 Å². The van der Waals surface area contributed by atoms with Crippen molar-refractivity contribution >= 4 is 17.5 Å². The van der Waals surface area contributed by atoms with E-state index in [1.165, 1.54) is 0 Å². The van der Waals surface area contributed by atoms with Crippen molar-refractivity contribution in [1.82, 2.24) is 9.80 Å². The molecule has 0 radical (unpaired) electrons. The normalized spacial score (nSPS) is 20.5. The second-order valence-electron chi connectivity index (χ2n) is 7.93. The van der Waals surface area contributed by atoms with E-state index in [0.717, 1.165) is 37.5 Å². The van der Waals surface area contributed by atoms with Crippen LogP contribution in [0.5, 0.6) is 5.75 Å². The monoisotopic (exact) mass is 373 g/mol. The summed E-state index contributed by atoms with van der Waals surface area (Å²) in [6.07, 6.45) is 1.36. The number of ether oxygens (including phenoxy) is 1. The zero-order valence-corrected chi connectivity index (χ0v) is 16.7. The van der Waals surface area contributed by atoms with Gasteiger partial charge in [-0.05, 0) is 36.6 Å². The largest absolute Gasteiger partial charge is 0.497 e. The summed E-state index contributed by atoms with van der Waals surface area (Å²) < 4.78 is 5.21. The molecule has 1 unspecified atom stereocenters. The van der Waals surface area contributed by atoms with Crippen molar-refractivity contribution in [2.24, 2.45) is 11.8 Å². The number of hydrogen-bond acceptors (Lipinski definition) is 4. The Kier molecular flexibility index (Phi) is 6.24. The molecule has 0 spiro atoms. The van der Waals surface area contributed by atoms with Crippen molar-refractivity contribution in [3.05, 3.63) is 24.3 Å². The predicted molar refractivity (Wildman–Crippen MR) is 106 cm³/mol. The molecule has 1 aromatic carbocycles. The molecule has 2 saturated heterocycles. The van der Waals surface area contributed by atoms with E-state index in [9.17, 15) is 9.59 Å². The van der Waals surface area contributed by atoms with E-state index in [4.69, 9.17) is 4.74 Å². The Morgan fingerprint density at radius 1 is 1.15 bits per heavy atom. The third kappa shape index (κ3) is 4.73. The molecule has 0 saturated carbocycles. The first-order valence-electron chi connectivity index (χ1n) is 9.93. The summed E-state index contributed by atoms with van der Waals surface area (Å²) in [5, 5.41) is 0. The Hall–Kier alpha value is -2.24. The van der Waals surface area contributed by atoms with E-state index in [-0.39, 0.29) is 17.7 Å². The number of anilines is 1. The van der Waals surface area contributed by atoms with E-state index in [1.807, 2.05) is 21.9 Å². The second kappa shape index (κ2) is 8.63. The van der Waals surface area contributed by atoms with Gasteiger partial charge in [0.25, 0.3) is 0 Å². The van der Waals surface area contributed by atoms with Gasteiger partial charge in [0.1, 0.15) is 5.75 Å². The molecule has 2 aliphatic heterocycles. The third-order valence-electron chi connectivity index (χ3n) is 5.57. The number of likely N-dealkylation sites (tertiary alicyclic amines) is 1. The first kappa shape index (κ1) is 19.5. The minimum Gasteiger partial charge on any atom is -0.497 e. The Bertz CT molecular complexity index is 651. The molecule has 2 amide bonds. The molecule has 0 aromatic heterocycles. The molecular formula is C21H31N3O3. The van der Waals surface area contributed by atoms with E-state index in [1.54, 1.807) is 7.11 Å². The zero-order valence-electron chi connectivity index (χ0n) is 16.7. The van der Waals surface area contributed by atoms with Gasteiger partial charge in [0.15, 0.2) is 0 Å². The topological polar surface area (TPSA) is 53.1 Å². The number of rotatable bonds is 6. The summed E-state index contributed by atoms with van der Waals surface area (Å²) in [5.41, 5.74) is 1.15. The molecule has 1 atom stereocenters. The number of benzene rings is 1. The quantitative estimate of drug-likeness (QED) is 0.767. The van der Waals surface area contributed by atoms with Crippen LogP contribution in [0.3, 0.4) is 0 Å². The van der Waals surface area contributed by atoms with Crippen LogP contribution in [0.15, 0.2) is 24.3 Å². The fraction of sp³-hybridized carbons (Fsp3) is 0.619. The SMILES string of the molecule is COc1ccc(N2CCN(C(=O)C3CC(=O)N(CCC(C)C)C3)CC2)cc1. The van der Waals surface area contributed by atoms with E-state index < -0.39 is 0 Å². The van der Waals surface area contributed by atoms with Gasteiger partial charge in [-0.25, -0.2) is 0 Å². The molecule has 0 aliphatic carbocycles. The number of amides is 2. The molecule has 148 valence electrons. The molecule has 0 bridgehead atoms. The van der Waals surface area contributed by atoms with Gasteiger partial charge in [0.05, 0.1) is 13.0 Å². The first-order chi connectivity index (χ1) is 13.0. The second-order valence-corrected chi connectivity index (χ2v) is 7.93. The van der Waals surface area contributed by atoms with Gasteiger partial charge in [0.2, 0.25) is 11.8 Å². The third-order valence-corrected chi connectivity index (χ3v) is 5.57. The van der Waals surface area contributed by atoms with Gasteiger partial charge in [0, 0.05) is 51.4 Å². The molecule has 2 aliphatic rings. The number of piperazine rings is 1. The minimum atomic E-state index is -0.169. The lowest BCUT2D eigenvalue weighted by Crippen LogP contribution is -2.50. The van der Waals surface area contributed by atoms with Crippen LogP contribution in [0.2, 0.25) is 0 Å². The van der Waals surface area contributed by atoms with Crippen LogP contribution in [0.1, 0.15) is 26.7 Å². The van der Waals surface area contributed by atoms with Gasteiger partial charge >= 0.3 is 0 Å². The Morgan fingerprint density at radius 2 is 1.81 bits per heavy atom. The summed E-state index contributed by atoms with van der Waals surface area (Å²) >= 11 is 0. The number of carbonyl (C=O) groups is 2. The van der Waals surface area contributed by atoms with E-state index >= 15 is 0 Å². The fourth-order valence-corrected chi connectivity index (χ4v) is 3.80. The van der Waals surface area contributed by atoms with Crippen LogP contribution in [0, 0.1) is 11.8 Å². The molecule has 27 heavy (non-hydrogen) atoms. The van der Waals surface area contributed by atoms with E-state index in [2.05, 4.69) is 30.9 Å². The van der Waals surface area contributed by atoms with Gasteiger partial charge in [-0.2, -0.15) is 0 Å². The summed E-state index contributed by atoms with van der Waals surface area (Å²) in [6, 6.07) is 8.03. The van der Waals surface area contributed by atoms with Crippen molar-refractivity contribution in [2.75, 3.05) is 51.3 Å². The average Bonchev–Trinajstić information content (AvgIpc) is 3.06. The van der Waals surface area contributed by atoms with Crippen LogP contribution in [0.4, 0.5) is 5.69 Å². The fourth-order valence-electron chi connectivity index (χ4n) is 3.80. The van der Waals surface area contributed by atoms with Crippen LogP contribution in [-0.4, -0.2) is 68.0 Å². The highest BCUT2D eigenvalue weighted by Gasteiger charge is 2.37. The van der Waals surface area contributed by atoms with Crippen molar-refractivity contribution in [3.63, 3.8) is 0 Å². The number of hydrogen-bond donors (Lipinski definition) is 0. The van der Waals surface area contributed by atoms with Gasteiger partial charge in [-0.3, -0.25) is 9.59 Å². The molecular weight excluding hydrogens is 342 g/mol. The Morgan fingerprint density at radius 3 is 2.41 bits per heavy atom. The van der Waals surface area contributed by atoms with Crippen molar-refractivity contribution in [1.29, 1.82) is 0 Å². The highest BCUT2D eigenvalue weighted by atomic mass is 16.5. The summed E-state index contributed by atoms with van der Waals surface area (Å²) in [7, 11) is 1.66. The zero-order chi connectivity index (χ0) is 19.4. The minimum absolute atomic E-state index is 0.130. The lowest BCUT2D eigenvalue weighted by molar-refractivity contribution is -0.136. The molecule has 3 rings (SSSR count). The highest BCUT2D eigenvalue weighted by molar-refractivity contribution is 5.89. The van der Waals surface area contributed by atoms with Gasteiger partial charge in [-0.1, -0.05) is 13.8 Å². The average molecular weight is 373 g/mol. The first-order valence-corrected chi connectivity index (χ1v) is 9.93. The Labute approximate surface area is 162 Å². The smallest absolute Gasteiger partial charge is 0.228 e. The van der Waals surface area contributed by atoms with Crippen molar-refractivity contribution < 1.29 is 14.3 Å². The van der Waals surface area contributed by atoms with Crippen LogP contribution in [0.25, 0.3) is 0 Å². The van der Waals surface area contributed by atoms with Crippen LogP contribution < -0.4 is 9.64 Å². The van der Waals surface area contributed by atoms with Crippen LogP contribution >= 0.6 is 0 Å². The molecule has 6 heteroatoms. The predicted octanol–water partition coefficient (Wildman–Crippen LogP) is 2.24. The summed E-state index contributed by atoms with van der Waals surface area (Å²) in [4.78, 5) is 31.2. The van der Waals surface area contributed by atoms with Gasteiger partial charge in [-0.15, -0.1) is 0 Å². The molecule has 0 N–H and O–H groups in total. The number of carbonyl (C=O) groups excluding carboxylic acids is 2. The molecule has 1 aromatic rings. The number of methoxy groups -OCH3 is 1. The van der Waals surface area contributed by atoms with Gasteiger partial charge < -0.3 is 19.4 Å². The summed E-state index contributed by atoms with van der Waals surface area (Å²) in [6.45, 7) is 8.72. The highest BCUT2D eigenvalue weighted by Crippen LogP contribution is 2.24.